The van der Waals surface area contributed by atoms with Crippen molar-refractivity contribution in [2.24, 2.45) is 0 Å². The summed E-state index contributed by atoms with van der Waals surface area (Å²) < 4.78 is 39.9. The Labute approximate surface area is 111 Å². The molecule has 2 rings (SSSR count). The van der Waals surface area contributed by atoms with E-state index in [9.17, 15) is 12.8 Å². The zero-order chi connectivity index (χ0) is 13.9. The maximum atomic E-state index is 13.8. The summed E-state index contributed by atoms with van der Waals surface area (Å²) in [6.07, 6.45) is 1.89. The van der Waals surface area contributed by atoms with Crippen LogP contribution < -0.4 is 4.72 Å². The summed E-state index contributed by atoms with van der Waals surface area (Å²) in [5.74, 6) is 4.48. The van der Waals surface area contributed by atoms with Crippen LogP contribution in [0.2, 0.25) is 0 Å². The van der Waals surface area contributed by atoms with Crippen molar-refractivity contribution in [1.82, 2.24) is 4.72 Å². The lowest BCUT2D eigenvalue weighted by Gasteiger charge is -2.06. The van der Waals surface area contributed by atoms with Crippen molar-refractivity contribution in [2.45, 2.75) is 30.2 Å². The van der Waals surface area contributed by atoms with E-state index >= 15 is 0 Å². The van der Waals surface area contributed by atoms with Gasteiger partial charge in [-0.15, -0.1) is 0 Å². The second-order valence-corrected chi connectivity index (χ2v) is 6.00. The third kappa shape index (κ3) is 3.77. The van der Waals surface area contributed by atoms with Crippen molar-refractivity contribution in [1.29, 1.82) is 0 Å². The molecule has 0 bridgehead atoms. The third-order valence-corrected chi connectivity index (χ3v) is 4.14. The molecule has 1 aliphatic rings. The van der Waals surface area contributed by atoms with Crippen molar-refractivity contribution in [3.8, 4) is 11.8 Å². The van der Waals surface area contributed by atoms with Crippen molar-refractivity contribution < 1.29 is 17.9 Å². The molecular weight excluding hydrogens is 269 g/mol. The molecule has 0 radical (unpaired) electrons. The van der Waals surface area contributed by atoms with Gasteiger partial charge in [0.2, 0.25) is 10.0 Å². The second-order valence-electron chi connectivity index (χ2n) is 4.32. The van der Waals surface area contributed by atoms with Crippen LogP contribution in [0.5, 0.6) is 0 Å². The normalized spacial score (nSPS) is 14.8. The molecule has 102 valence electrons. The van der Waals surface area contributed by atoms with Crippen molar-refractivity contribution in [3.63, 3.8) is 0 Å². The van der Waals surface area contributed by atoms with E-state index in [1.807, 2.05) is 0 Å². The SMILES string of the molecule is O=S(=O)(NC1CC1)c1ccc(C#CCCO)cc1F. The van der Waals surface area contributed by atoms with Crippen LogP contribution in [0.25, 0.3) is 0 Å². The Kier molecular flexibility index (Phi) is 4.20. The Hall–Kier alpha value is -1.42. The number of hydrogen-bond acceptors (Lipinski definition) is 3. The molecule has 2 N–H and O–H groups in total. The highest BCUT2D eigenvalue weighted by Crippen LogP contribution is 2.23. The summed E-state index contributed by atoms with van der Waals surface area (Å²) in [6.45, 7) is -0.0622. The monoisotopic (exact) mass is 283 g/mol. The molecule has 4 nitrogen and oxygen atoms in total. The lowest BCUT2D eigenvalue weighted by Crippen LogP contribution is -2.26. The van der Waals surface area contributed by atoms with Gasteiger partial charge in [-0.05, 0) is 31.0 Å². The highest BCUT2D eigenvalue weighted by atomic mass is 32.2. The first-order chi connectivity index (χ1) is 9.03. The van der Waals surface area contributed by atoms with Crippen molar-refractivity contribution in [3.05, 3.63) is 29.6 Å². The zero-order valence-corrected chi connectivity index (χ0v) is 11.0. The topological polar surface area (TPSA) is 66.4 Å². The lowest BCUT2D eigenvalue weighted by atomic mass is 10.2. The Morgan fingerprint density at radius 1 is 1.42 bits per heavy atom. The Bertz CT molecular complexity index is 627. The van der Waals surface area contributed by atoms with E-state index in [-0.39, 0.29) is 17.5 Å². The molecule has 1 aromatic carbocycles. The summed E-state index contributed by atoms with van der Waals surface area (Å²) >= 11 is 0. The van der Waals surface area contributed by atoms with Gasteiger partial charge in [-0.1, -0.05) is 11.8 Å². The van der Waals surface area contributed by atoms with Gasteiger partial charge >= 0.3 is 0 Å². The Morgan fingerprint density at radius 2 is 2.16 bits per heavy atom. The maximum Gasteiger partial charge on any atom is 0.243 e. The molecular formula is C13H14FNO3S. The highest BCUT2D eigenvalue weighted by molar-refractivity contribution is 7.89. The van der Waals surface area contributed by atoms with Gasteiger partial charge in [-0.25, -0.2) is 17.5 Å². The van der Waals surface area contributed by atoms with Crippen LogP contribution in [-0.4, -0.2) is 26.2 Å². The van der Waals surface area contributed by atoms with Gasteiger partial charge in [0.15, 0.2) is 0 Å². The predicted molar refractivity (Wildman–Crippen MR) is 68.3 cm³/mol. The van der Waals surface area contributed by atoms with Gasteiger partial charge in [-0.2, -0.15) is 0 Å². The fraction of sp³-hybridized carbons (Fsp3) is 0.385. The van der Waals surface area contributed by atoms with Crippen LogP contribution >= 0.6 is 0 Å². The molecule has 0 spiro atoms. The standard InChI is InChI=1S/C13H14FNO3S/c14-12-9-10(3-1-2-8-16)4-7-13(12)19(17,18)15-11-5-6-11/h4,7,9,11,15-16H,2,5-6,8H2. The fourth-order valence-corrected chi connectivity index (χ4v) is 2.87. The lowest BCUT2D eigenvalue weighted by molar-refractivity contribution is 0.305. The number of halogens is 1. The number of rotatable bonds is 4. The van der Waals surface area contributed by atoms with Crippen LogP contribution in [0, 0.1) is 17.7 Å². The number of benzene rings is 1. The third-order valence-electron chi connectivity index (χ3n) is 2.59. The van der Waals surface area contributed by atoms with Crippen molar-refractivity contribution >= 4 is 10.0 Å². The molecule has 1 fully saturated rings. The van der Waals surface area contributed by atoms with E-state index in [0.717, 1.165) is 18.9 Å². The smallest absolute Gasteiger partial charge is 0.243 e. The minimum Gasteiger partial charge on any atom is -0.395 e. The first-order valence-electron chi connectivity index (χ1n) is 5.94. The quantitative estimate of drug-likeness (QED) is 0.810. The molecule has 0 aromatic heterocycles. The van der Waals surface area contributed by atoms with E-state index in [1.165, 1.54) is 12.1 Å². The Balaban J connectivity index is 2.21. The number of aliphatic hydroxyl groups is 1. The molecule has 19 heavy (non-hydrogen) atoms. The van der Waals surface area contributed by atoms with Crippen LogP contribution in [0.4, 0.5) is 4.39 Å². The summed E-state index contributed by atoms with van der Waals surface area (Å²) in [4.78, 5) is -0.355. The van der Waals surface area contributed by atoms with Gasteiger partial charge in [0.1, 0.15) is 10.7 Å². The minimum atomic E-state index is -3.78. The van der Waals surface area contributed by atoms with Crippen LogP contribution in [0.15, 0.2) is 23.1 Å². The number of hydrogen-bond donors (Lipinski definition) is 2. The van der Waals surface area contributed by atoms with Crippen LogP contribution in [0.1, 0.15) is 24.8 Å². The summed E-state index contributed by atoms with van der Waals surface area (Å²) in [5, 5.41) is 8.58. The molecule has 6 heteroatoms. The van der Waals surface area contributed by atoms with E-state index in [1.54, 1.807) is 0 Å². The van der Waals surface area contributed by atoms with E-state index in [4.69, 9.17) is 5.11 Å². The molecule has 0 heterocycles. The van der Waals surface area contributed by atoms with Gasteiger partial charge in [0, 0.05) is 18.0 Å². The van der Waals surface area contributed by atoms with E-state index in [0.29, 0.717) is 12.0 Å². The number of nitrogens with one attached hydrogen (secondary N) is 1. The largest absolute Gasteiger partial charge is 0.395 e. The first kappa shape index (κ1) is 14.0. The summed E-state index contributed by atoms with van der Waals surface area (Å²) in [5.41, 5.74) is 0.385. The molecule has 0 amide bonds. The molecule has 0 unspecified atom stereocenters. The predicted octanol–water partition coefficient (Wildman–Crippen LogP) is 1.00. The van der Waals surface area contributed by atoms with Crippen LogP contribution in [0.3, 0.4) is 0 Å². The molecule has 0 saturated heterocycles. The fourth-order valence-electron chi connectivity index (χ4n) is 1.50. The minimum absolute atomic E-state index is 0.0616. The second kappa shape index (κ2) is 5.70. The first-order valence-corrected chi connectivity index (χ1v) is 7.43. The molecule has 0 atom stereocenters. The average molecular weight is 283 g/mol. The average Bonchev–Trinajstić information content (AvgIpc) is 3.12. The molecule has 1 saturated carbocycles. The number of aliphatic hydroxyl groups excluding tert-OH is 1. The van der Waals surface area contributed by atoms with Crippen molar-refractivity contribution in [2.75, 3.05) is 6.61 Å². The molecule has 1 aliphatic carbocycles. The van der Waals surface area contributed by atoms with Gasteiger partial charge < -0.3 is 5.11 Å². The van der Waals surface area contributed by atoms with E-state index in [2.05, 4.69) is 16.6 Å². The molecule has 1 aromatic rings. The van der Waals surface area contributed by atoms with Crippen LogP contribution in [-0.2, 0) is 10.0 Å². The van der Waals surface area contributed by atoms with Gasteiger partial charge in [0.05, 0.1) is 6.61 Å². The Morgan fingerprint density at radius 3 is 2.74 bits per heavy atom. The highest BCUT2D eigenvalue weighted by Gasteiger charge is 2.29. The summed E-state index contributed by atoms with van der Waals surface area (Å²) in [7, 11) is -3.78. The zero-order valence-electron chi connectivity index (χ0n) is 10.2. The maximum absolute atomic E-state index is 13.8. The van der Waals surface area contributed by atoms with Gasteiger partial charge in [-0.3, -0.25) is 0 Å². The van der Waals surface area contributed by atoms with E-state index < -0.39 is 15.8 Å². The molecule has 0 aliphatic heterocycles. The van der Waals surface area contributed by atoms with Gasteiger partial charge in [0.25, 0.3) is 0 Å². The number of sulfonamides is 1. The summed E-state index contributed by atoms with van der Waals surface area (Å²) in [6, 6.07) is 3.69.